The summed E-state index contributed by atoms with van der Waals surface area (Å²) in [6.07, 6.45) is 8.84. The number of halogens is 3. The monoisotopic (exact) mass is 384 g/mol. The minimum Gasteiger partial charge on any atom is -0.220 e. The van der Waals surface area contributed by atoms with Crippen LogP contribution in [0.3, 0.4) is 0 Å². The Balaban J connectivity index is 2.19. The van der Waals surface area contributed by atoms with E-state index in [1.165, 1.54) is 32.1 Å². The summed E-state index contributed by atoms with van der Waals surface area (Å²) in [5.41, 5.74) is 0. The van der Waals surface area contributed by atoms with E-state index in [1.54, 1.807) is 0 Å². The smallest absolute Gasteiger partial charge is 0.147 e. The van der Waals surface area contributed by atoms with E-state index < -0.39 is 0 Å². The molecule has 0 atom stereocenters. The van der Waals surface area contributed by atoms with E-state index in [1.807, 2.05) is 0 Å². The molecule has 0 aromatic carbocycles. The van der Waals surface area contributed by atoms with Gasteiger partial charge in [-0.25, -0.2) is 9.97 Å². The van der Waals surface area contributed by atoms with E-state index in [9.17, 15) is 0 Å². The van der Waals surface area contributed by atoms with E-state index >= 15 is 0 Å². The molecule has 1 aliphatic rings. The molecule has 0 unspecified atom stereocenters. The summed E-state index contributed by atoms with van der Waals surface area (Å²) >= 11 is 14.2. The van der Waals surface area contributed by atoms with Crippen molar-refractivity contribution in [3.05, 3.63) is 19.7 Å². The van der Waals surface area contributed by atoms with Gasteiger partial charge in [0.2, 0.25) is 0 Å². The molecule has 1 saturated carbocycles. The Bertz CT molecular complexity index is 367. The van der Waals surface area contributed by atoms with Gasteiger partial charge in [0.25, 0.3) is 0 Å². The molecule has 0 saturated heterocycles. The minimum atomic E-state index is 0.433. The quantitative estimate of drug-likeness (QED) is 0.490. The maximum Gasteiger partial charge on any atom is 0.147 e. The van der Waals surface area contributed by atoms with Crippen molar-refractivity contribution in [1.82, 2.24) is 9.97 Å². The Kier molecular flexibility index (Phi) is 5.30. The molecule has 0 radical (unpaired) electrons. The van der Waals surface area contributed by atoms with Crippen LogP contribution in [0.1, 0.15) is 56.7 Å². The molecule has 94 valence electrons. The molecule has 2 nitrogen and oxygen atoms in total. The second kappa shape index (κ2) is 6.53. The van der Waals surface area contributed by atoms with Gasteiger partial charge in [-0.05, 0) is 35.4 Å². The topological polar surface area (TPSA) is 25.8 Å². The highest BCUT2D eigenvalue weighted by Gasteiger charge is 2.19. The Labute approximate surface area is 126 Å². The highest BCUT2D eigenvalue weighted by atomic mass is 127. The van der Waals surface area contributed by atoms with Crippen molar-refractivity contribution in [3.63, 3.8) is 0 Å². The second-order valence-corrected chi connectivity index (χ2v) is 6.31. The fraction of sp³-hybridized carbons (Fsp3) is 0.667. The third-order valence-corrected chi connectivity index (χ3v) is 5.46. The van der Waals surface area contributed by atoms with Crippen LogP contribution in [0.5, 0.6) is 0 Å². The van der Waals surface area contributed by atoms with Crippen LogP contribution in [0.15, 0.2) is 0 Å². The first-order valence-electron chi connectivity index (χ1n) is 6.07. The lowest BCUT2D eigenvalue weighted by Crippen LogP contribution is -2.08. The van der Waals surface area contributed by atoms with Gasteiger partial charge in [0.15, 0.2) is 0 Å². The van der Waals surface area contributed by atoms with Gasteiger partial charge in [0.05, 0.1) is 3.57 Å². The van der Waals surface area contributed by atoms with Gasteiger partial charge in [0, 0.05) is 5.92 Å². The van der Waals surface area contributed by atoms with Crippen molar-refractivity contribution in [1.29, 1.82) is 0 Å². The molecule has 0 spiro atoms. The summed E-state index contributed by atoms with van der Waals surface area (Å²) < 4.78 is 0.750. The lowest BCUT2D eigenvalue weighted by Gasteiger charge is -2.18. The van der Waals surface area contributed by atoms with Crippen LogP contribution in [0.25, 0.3) is 0 Å². The summed E-state index contributed by atoms with van der Waals surface area (Å²) in [6, 6.07) is 0. The number of nitrogens with zero attached hydrogens (tertiary/aromatic N) is 2. The van der Waals surface area contributed by atoms with Crippen LogP contribution < -0.4 is 0 Å². The molecule has 1 heterocycles. The highest BCUT2D eigenvalue weighted by molar-refractivity contribution is 14.1. The van der Waals surface area contributed by atoms with Gasteiger partial charge in [0.1, 0.15) is 16.1 Å². The number of hydrogen-bond donors (Lipinski definition) is 0. The first-order chi connectivity index (χ1) is 8.18. The predicted molar refractivity (Wildman–Crippen MR) is 79.8 cm³/mol. The molecular formula is C12H15Cl2IN2. The van der Waals surface area contributed by atoms with E-state index in [4.69, 9.17) is 23.2 Å². The minimum absolute atomic E-state index is 0.433. The van der Waals surface area contributed by atoms with Gasteiger partial charge in [-0.3, -0.25) is 0 Å². The lowest BCUT2D eigenvalue weighted by molar-refractivity contribution is 0.442. The second-order valence-electron chi connectivity index (χ2n) is 4.52. The number of rotatable bonds is 1. The van der Waals surface area contributed by atoms with Gasteiger partial charge in [-0.1, -0.05) is 55.3 Å². The highest BCUT2D eigenvalue weighted by Crippen LogP contribution is 2.32. The first kappa shape index (κ1) is 13.8. The molecule has 0 N–H and O–H groups in total. The van der Waals surface area contributed by atoms with Crippen LogP contribution in [0.4, 0.5) is 0 Å². The predicted octanol–water partition coefficient (Wildman–Crippen LogP) is 5.22. The fourth-order valence-corrected chi connectivity index (χ4v) is 2.95. The molecule has 1 fully saturated rings. The molecule has 0 bridgehead atoms. The van der Waals surface area contributed by atoms with Crippen molar-refractivity contribution >= 4 is 45.8 Å². The average Bonchev–Trinajstić information content (AvgIpc) is 2.25. The van der Waals surface area contributed by atoms with E-state index in [0.29, 0.717) is 16.2 Å². The zero-order chi connectivity index (χ0) is 12.3. The van der Waals surface area contributed by atoms with E-state index in [0.717, 1.165) is 22.2 Å². The number of hydrogen-bond acceptors (Lipinski definition) is 2. The van der Waals surface area contributed by atoms with Crippen LogP contribution >= 0.6 is 45.8 Å². The van der Waals surface area contributed by atoms with Gasteiger partial charge < -0.3 is 0 Å². The maximum atomic E-state index is 6.07. The van der Waals surface area contributed by atoms with Crippen LogP contribution in [-0.2, 0) is 0 Å². The molecule has 2 rings (SSSR count). The molecule has 0 amide bonds. The zero-order valence-electron chi connectivity index (χ0n) is 9.56. The van der Waals surface area contributed by atoms with E-state index in [-0.39, 0.29) is 0 Å². The standard InChI is InChI=1S/C12H15Cl2IN2/c13-10-9(15)11(14)17-12(16-10)8-6-4-2-1-3-5-7-8/h8H,1-7H2. The van der Waals surface area contributed by atoms with Crippen molar-refractivity contribution < 1.29 is 0 Å². The van der Waals surface area contributed by atoms with Crippen molar-refractivity contribution in [2.75, 3.05) is 0 Å². The van der Waals surface area contributed by atoms with E-state index in [2.05, 4.69) is 32.6 Å². The van der Waals surface area contributed by atoms with Gasteiger partial charge in [-0.15, -0.1) is 0 Å². The largest absolute Gasteiger partial charge is 0.220 e. The molecule has 0 aliphatic heterocycles. The molecule has 5 heteroatoms. The lowest BCUT2D eigenvalue weighted by atomic mass is 9.90. The summed E-state index contributed by atoms with van der Waals surface area (Å²) in [7, 11) is 0. The van der Waals surface area contributed by atoms with Crippen LogP contribution in [-0.4, -0.2) is 9.97 Å². The summed E-state index contributed by atoms with van der Waals surface area (Å²) in [4.78, 5) is 8.78. The van der Waals surface area contributed by atoms with Crippen molar-refractivity contribution in [2.45, 2.75) is 50.9 Å². The first-order valence-corrected chi connectivity index (χ1v) is 7.90. The van der Waals surface area contributed by atoms with Crippen LogP contribution in [0.2, 0.25) is 10.3 Å². The van der Waals surface area contributed by atoms with Crippen LogP contribution in [0, 0.1) is 3.57 Å². The summed E-state index contributed by atoms with van der Waals surface area (Å²) in [6.45, 7) is 0. The zero-order valence-corrected chi connectivity index (χ0v) is 13.2. The molecule has 1 aromatic rings. The number of aromatic nitrogens is 2. The summed E-state index contributed by atoms with van der Waals surface area (Å²) in [5.74, 6) is 1.27. The summed E-state index contributed by atoms with van der Waals surface area (Å²) in [5, 5.41) is 0.977. The Hall–Kier alpha value is 0.390. The SMILES string of the molecule is Clc1nc(C2CCCCCCC2)nc(Cl)c1I. The average molecular weight is 385 g/mol. The maximum absolute atomic E-state index is 6.07. The Morgan fingerprint density at radius 3 is 1.88 bits per heavy atom. The Morgan fingerprint density at radius 1 is 0.882 bits per heavy atom. The molecule has 1 aromatic heterocycles. The normalized spacial score (nSPS) is 18.8. The molecule has 1 aliphatic carbocycles. The Morgan fingerprint density at radius 2 is 1.35 bits per heavy atom. The molecule has 17 heavy (non-hydrogen) atoms. The third kappa shape index (κ3) is 3.67. The van der Waals surface area contributed by atoms with Crippen molar-refractivity contribution in [3.8, 4) is 0 Å². The van der Waals surface area contributed by atoms with Gasteiger partial charge >= 0.3 is 0 Å². The third-order valence-electron chi connectivity index (χ3n) is 3.26. The molecular weight excluding hydrogens is 370 g/mol. The van der Waals surface area contributed by atoms with Crippen molar-refractivity contribution in [2.24, 2.45) is 0 Å². The fourth-order valence-electron chi connectivity index (χ4n) is 2.31. The van der Waals surface area contributed by atoms with Gasteiger partial charge in [-0.2, -0.15) is 0 Å².